The zero-order valence-electron chi connectivity index (χ0n) is 21.9. The van der Waals surface area contributed by atoms with E-state index in [9.17, 15) is 0 Å². The Bertz CT molecular complexity index is 1960. The molecule has 0 radical (unpaired) electrons. The van der Waals surface area contributed by atoms with Crippen LogP contribution in [0.4, 0.5) is 11.4 Å². The zero-order chi connectivity index (χ0) is 26.1. The lowest BCUT2D eigenvalue weighted by Crippen LogP contribution is -2.11. The number of allylic oxidation sites excluding steroid dienone is 1. The van der Waals surface area contributed by atoms with Gasteiger partial charge in [-0.25, -0.2) is 0 Å². The number of benzene rings is 5. The van der Waals surface area contributed by atoms with Crippen LogP contribution in [0.15, 0.2) is 83.3 Å². The summed E-state index contributed by atoms with van der Waals surface area (Å²) in [5, 5.41) is 4.57. The minimum absolute atomic E-state index is 0.203. The van der Waals surface area contributed by atoms with Gasteiger partial charge in [-0.2, -0.15) is 0 Å². The first-order valence-electron chi connectivity index (χ1n) is 13.2. The Morgan fingerprint density at radius 2 is 1.37 bits per heavy atom. The predicted octanol–water partition coefficient (Wildman–Crippen LogP) is 8.85. The van der Waals surface area contributed by atoms with Gasteiger partial charge in [-0.15, -0.1) is 0 Å². The molecular formula is C35H30N2O. The highest BCUT2D eigenvalue weighted by atomic mass is 16.3. The maximum atomic E-state index is 6.62. The van der Waals surface area contributed by atoms with E-state index in [1.807, 2.05) is 6.07 Å². The van der Waals surface area contributed by atoms with E-state index in [2.05, 4.69) is 99.7 Å². The van der Waals surface area contributed by atoms with Crippen molar-refractivity contribution in [1.82, 2.24) is 0 Å². The summed E-state index contributed by atoms with van der Waals surface area (Å²) in [5.74, 6) is 0.203. The van der Waals surface area contributed by atoms with Crippen LogP contribution in [0, 0.1) is 20.8 Å². The minimum atomic E-state index is 0.203. The van der Waals surface area contributed by atoms with Crippen LogP contribution in [0.5, 0.6) is 0 Å². The Balaban J connectivity index is 1.43. The van der Waals surface area contributed by atoms with E-state index >= 15 is 0 Å². The lowest BCUT2D eigenvalue weighted by Gasteiger charge is -2.25. The van der Waals surface area contributed by atoms with E-state index in [-0.39, 0.29) is 5.92 Å². The average molecular weight is 495 g/mol. The average Bonchev–Trinajstić information content (AvgIpc) is 3.29. The van der Waals surface area contributed by atoms with Crippen molar-refractivity contribution in [3.8, 4) is 11.1 Å². The topological polar surface area (TPSA) is 65.2 Å². The third-order valence-corrected chi connectivity index (χ3v) is 8.16. The Morgan fingerprint density at radius 3 is 2.18 bits per heavy atom. The molecule has 3 heteroatoms. The van der Waals surface area contributed by atoms with Gasteiger partial charge in [-0.3, -0.25) is 0 Å². The molecule has 0 amide bonds. The smallest absolute Gasteiger partial charge is 0.143 e. The van der Waals surface area contributed by atoms with Crippen LogP contribution < -0.4 is 11.5 Å². The molecule has 0 aliphatic heterocycles. The van der Waals surface area contributed by atoms with E-state index in [1.54, 1.807) is 0 Å². The quantitative estimate of drug-likeness (QED) is 0.187. The SMILES string of the molecule is Cc1cc(C)c2oc3c(-c4ccccc4C4C=Cc5c(N)c(N)c6ccccc6c5C4)cc(C)cc3c2c1. The van der Waals surface area contributed by atoms with Crippen LogP contribution in [0.2, 0.25) is 0 Å². The second-order valence-electron chi connectivity index (χ2n) is 10.8. The molecule has 1 heterocycles. The maximum absolute atomic E-state index is 6.62. The number of hydrogen-bond acceptors (Lipinski definition) is 3. The number of hydrogen-bond donors (Lipinski definition) is 2. The van der Waals surface area contributed by atoms with Crippen molar-refractivity contribution >= 4 is 50.2 Å². The number of rotatable bonds is 2. The van der Waals surface area contributed by atoms with Gasteiger partial charge in [0.05, 0.1) is 11.4 Å². The highest BCUT2D eigenvalue weighted by Crippen LogP contribution is 2.45. The third-order valence-electron chi connectivity index (χ3n) is 8.16. The standard InChI is InChI=1S/C35H30N2O/c1-19-14-21(3)34-30(15-19)31-17-20(2)16-29(35(31)38-34)24-9-5-4-8-23(24)22-12-13-27-28(18-22)25-10-6-7-11-26(25)32(36)33(27)37/h4-17,22H,18,36-37H2,1-3H3. The fourth-order valence-electron chi connectivity index (χ4n) is 6.44. The molecule has 4 N–H and O–H groups in total. The molecule has 1 aromatic heterocycles. The van der Waals surface area contributed by atoms with Gasteiger partial charge in [-0.1, -0.05) is 66.7 Å². The maximum Gasteiger partial charge on any atom is 0.143 e. The van der Waals surface area contributed by atoms with Gasteiger partial charge >= 0.3 is 0 Å². The van der Waals surface area contributed by atoms with Crippen molar-refractivity contribution < 1.29 is 4.42 Å². The Kier molecular flexibility index (Phi) is 4.93. The Morgan fingerprint density at radius 1 is 0.684 bits per heavy atom. The molecule has 0 saturated heterocycles. The molecule has 0 saturated carbocycles. The van der Waals surface area contributed by atoms with Gasteiger partial charge in [0.25, 0.3) is 0 Å². The van der Waals surface area contributed by atoms with Crippen LogP contribution in [-0.2, 0) is 6.42 Å². The van der Waals surface area contributed by atoms with Crippen molar-refractivity contribution in [2.24, 2.45) is 0 Å². The zero-order valence-corrected chi connectivity index (χ0v) is 21.9. The molecule has 0 spiro atoms. The molecule has 186 valence electrons. The second-order valence-corrected chi connectivity index (χ2v) is 10.8. The van der Waals surface area contributed by atoms with Crippen LogP contribution in [0.25, 0.3) is 49.9 Å². The summed E-state index contributed by atoms with van der Waals surface area (Å²) < 4.78 is 6.62. The highest BCUT2D eigenvalue weighted by molar-refractivity contribution is 6.11. The number of fused-ring (bicyclic) bond motifs is 6. The van der Waals surface area contributed by atoms with Crippen molar-refractivity contribution in [2.45, 2.75) is 33.1 Å². The van der Waals surface area contributed by atoms with Crippen LogP contribution in [-0.4, -0.2) is 0 Å². The van der Waals surface area contributed by atoms with Gasteiger partial charge in [0.15, 0.2) is 0 Å². The van der Waals surface area contributed by atoms with E-state index in [1.165, 1.54) is 49.5 Å². The van der Waals surface area contributed by atoms with Gasteiger partial charge in [0.2, 0.25) is 0 Å². The molecular weight excluding hydrogens is 464 g/mol. The lowest BCUT2D eigenvalue weighted by molar-refractivity contribution is 0.666. The van der Waals surface area contributed by atoms with E-state index in [0.717, 1.165) is 34.1 Å². The molecule has 1 atom stereocenters. The number of nitrogen functional groups attached to an aromatic ring is 2. The molecule has 5 aromatic carbocycles. The number of furan rings is 1. The first-order valence-corrected chi connectivity index (χ1v) is 13.2. The summed E-state index contributed by atoms with van der Waals surface area (Å²) in [6.07, 6.45) is 5.31. The van der Waals surface area contributed by atoms with Crippen molar-refractivity contribution in [3.63, 3.8) is 0 Å². The largest absolute Gasteiger partial charge is 0.455 e. The predicted molar refractivity (Wildman–Crippen MR) is 162 cm³/mol. The summed E-state index contributed by atoms with van der Waals surface area (Å²) in [6, 6.07) is 26.0. The van der Waals surface area contributed by atoms with E-state index in [4.69, 9.17) is 15.9 Å². The van der Waals surface area contributed by atoms with Crippen molar-refractivity contribution in [2.75, 3.05) is 11.5 Å². The van der Waals surface area contributed by atoms with Gasteiger partial charge in [-0.05, 0) is 84.2 Å². The van der Waals surface area contributed by atoms with Gasteiger partial charge in [0.1, 0.15) is 11.2 Å². The van der Waals surface area contributed by atoms with Crippen molar-refractivity contribution in [3.05, 3.63) is 112 Å². The molecule has 7 rings (SSSR count). The van der Waals surface area contributed by atoms with Crippen LogP contribution in [0.3, 0.4) is 0 Å². The number of aryl methyl sites for hydroxylation is 3. The highest BCUT2D eigenvalue weighted by Gasteiger charge is 2.25. The monoisotopic (exact) mass is 494 g/mol. The minimum Gasteiger partial charge on any atom is -0.455 e. The first-order chi connectivity index (χ1) is 18.4. The molecule has 38 heavy (non-hydrogen) atoms. The normalized spacial score (nSPS) is 15.0. The summed E-state index contributed by atoms with van der Waals surface area (Å²) in [5.41, 5.74) is 25.8. The number of anilines is 2. The summed E-state index contributed by atoms with van der Waals surface area (Å²) >= 11 is 0. The molecule has 1 unspecified atom stereocenters. The van der Waals surface area contributed by atoms with Crippen molar-refractivity contribution in [1.29, 1.82) is 0 Å². The number of nitrogens with two attached hydrogens (primary N) is 2. The molecule has 1 aliphatic rings. The molecule has 0 bridgehead atoms. The fraction of sp³-hybridized carbons (Fsp3) is 0.143. The molecule has 6 aromatic rings. The Hall–Kier alpha value is -4.50. The molecule has 1 aliphatic carbocycles. The van der Waals surface area contributed by atoms with E-state index in [0.29, 0.717) is 11.4 Å². The van der Waals surface area contributed by atoms with Crippen LogP contribution >= 0.6 is 0 Å². The summed E-state index contributed by atoms with van der Waals surface area (Å²) in [6.45, 7) is 6.45. The second kappa shape index (κ2) is 8.26. The first kappa shape index (κ1) is 22.7. The Labute approximate surface area is 222 Å². The van der Waals surface area contributed by atoms with Gasteiger partial charge < -0.3 is 15.9 Å². The van der Waals surface area contributed by atoms with Crippen LogP contribution in [0.1, 0.15) is 39.3 Å². The summed E-state index contributed by atoms with van der Waals surface area (Å²) in [7, 11) is 0. The fourth-order valence-corrected chi connectivity index (χ4v) is 6.44. The molecule has 3 nitrogen and oxygen atoms in total. The molecule has 0 fully saturated rings. The van der Waals surface area contributed by atoms with Gasteiger partial charge in [0, 0.05) is 33.2 Å². The van der Waals surface area contributed by atoms with E-state index < -0.39 is 0 Å². The summed E-state index contributed by atoms with van der Waals surface area (Å²) in [4.78, 5) is 0. The lowest BCUT2D eigenvalue weighted by atomic mass is 9.79. The third kappa shape index (κ3) is 3.28.